The van der Waals surface area contributed by atoms with E-state index in [1.165, 1.54) is 0 Å². The molecule has 0 fully saturated rings. The molecule has 0 N–H and O–H groups in total. The van der Waals surface area contributed by atoms with Crippen LogP contribution < -0.4 is 4.74 Å². The standard InChI is InChI=1S/C18H30O3Si/c1-14(13-21-22(6,7)18(2,3)4)17(12-19)15-8-10-16(20-5)11-9-15/h8-12,14,17H,13H2,1-7H3/t14-,17-/m1/s1. The molecule has 1 aromatic rings. The Morgan fingerprint density at radius 1 is 1.18 bits per heavy atom. The molecule has 22 heavy (non-hydrogen) atoms. The van der Waals surface area contributed by atoms with Crippen LogP contribution in [0, 0.1) is 5.92 Å². The first-order valence-electron chi connectivity index (χ1n) is 7.85. The molecule has 0 aliphatic rings. The number of ether oxygens (including phenoxy) is 1. The van der Waals surface area contributed by atoms with Gasteiger partial charge in [0, 0.05) is 12.5 Å². The molecule has 0 heterocycles. The van der Waals surface area contributed by atoms with Crippen LogP contribution in [0.1, 0.15) is 39.2 Å². The highest BCUT2D eigenvalue weighted by Crippen LogP contribution is 2.37. The molecule has 1 aromatic carbocycles. The van der Waals surface area contributed by atoms with Crippen molar-refractivity contribution in [1.82, 2.24) is 0 Å². The van der Waals surface area contributed by atoms with Crippen molar-refractivity contribution in [3.8, 4) is 5.75 Å². The number of carbonyl (C=O) groups is 1. The number of hydrogen-bond donors (Lipinski definition) is 0. The van der Waals surface area contributed by atoms with Crippen molar-refractivity contribution >= 4 is 14.6 Å². The number of aldehydes is 1. The minimum absolute atomic E-state index is 0.143. The number of carbonyl (C=O) groups excluding carboxylic acids is 1. The minimum atomic E-state index is -1.78. The van der Waals surface area contributed by atoms with E-state index in [9.17, 15) is 4.79 Å². The molecule has 0 radical (unpaired) electrons. The molecule has 4 heteroatoms. The average molecular weight is 323 g/mol. The summed E-state index contributed by atoms with van der Waals surface area (Å²) in [6, 6.07) is 7.71. The molecular weight excluding hydrogens is 292 g/mol. The van der Waals surface area contributed by atoms with Crippen LogP contribution in [0.2, 0.25) is 18.1 Å². The molecule has 0 spiro atoms. The zero-order valence-electron chi connectivity index (χ0n) is 15.0. The Morgan fingerprint density at radius 2 is 1.73 bits per heavy atom. The SMILES string of the molecule is COc1ccc([C@H](C=O)[C@H](C)CO[Si](C)(C)C(C)(C)C)cc1. The van der Waals surface area contributed by atoms with Gasteiger partial charge in [-0.15, -0.1) is 0 Å². The highest BCUT2D eigenvalue weighted by Gasteiger charge is 2.37. The number of hydrogen-bond acceptors (Lipinski definition) is 3. The topological polar surface area (TPSA) is 35.5 Å². The van der Waals surface area contributed by atoms with Crippen LogP contribution in [0.25, 0.3) is 0 Å². The maximum Gasteiger partial charge on any atom is 0.191 e. The zero-order chi connectivity index (χ0) is 17.0. The maximum absolute atomic E-state index is 11.5. The van der Waals surface area contributed by atoms with Crippen molar-refractivity contribution in [2.45, 2.75) is 51.7 Å². The summed E-state index contributed by atoms with van der Waals surface area (Å²) >= 11 is 0. The predicted molar refractivity (Wildman–Crippen MR) is 94.1 cm³/mol. The van der Waals surface area contributed by atoms with E-state index in [2.05, 4.69) is 40.8 Å². The number of benzene rings is 1. The molecule has 2 atom stereocenters. The van der Waals surface area contributed by atoms with Gasteiger partial charge in [-0.05, 0) is 41.7 Å². The largest absolute Gasteiger partial charge is 0.497 e. The molecule has 0 saturated carbocycles. The third-order valence-corrected chi connectivity index (χ3v) is 9.27. The maximum atomic E-state index is 11.5. The van der Waals surface area contributed by atoms with Gasteiger partial charge in [0.15, 0.2) is 8.32 Å². The van der Waals surface area contributed by atoms with E-state index in [0.717, 1.165) is 17.6 Å². The molecule has 0 unspecified atom stereocenters. The van der Waals surface area contributed by atoms with Crippen LogP contribution in [-0.4, -0.2) is 28.3 Å². The molecule has 1 rings (SSSR count). The molecule has 0 saturated heterocycles. The Labute approximate surface area is 136 Å². The molecule has 3 nitrogen and oxygen atoms in total. The van der Waals surface area contributed by atoms with Crippen molar-refractivity contribution in [1.29, 1.82) is 0 Å². The van der Waals surface area contributed by atoms with Gasteiger partial charge in [-0.3, -0.25) is 0 Å². The smallest absolute Gasteiger partial charge is 0.191 e. The summed E-state index contributed by atoms with van der Waals surface area (Å²) in [7, 11) is -0.137. The molecule has 124 valence electrons. The van der Waals surface area contributed by atoms with E-state index < -0.39 is 8.32 Å². The van der Waals surface area contributed by atoms with Crippen LogP contribution in [-0.2, 0) is 9.22 Å². The van der Waals surface area contributed by atoms with Gasteiger partial charge < -0.3 is 14.0 Å². The van der Waals surface area contributed by atoms with Crippen molar-refractivity contribution in [2.24, 2.45) is 5.92 Å². The highest BCUT2D eigenvalue weighted by atomic mass is 28.4. The fourth-order valence-electron chi connectivity index (χ4n) is 2.03. The third-order valence-electron chi connectivity index (χ3n) is 4.77. The van der Waals surface area contributed by atoms with Crippen molar-refractivity contribution < 1.29 is 14.0 Å². The van der Waals surface area contributed by atoms with E-state index in [4.69, 9.17) is 9.16 Å². The summed E-state index contributed by atoms with van der Waals surface area (Å²) in [5, 5.41) is 0.184. The van der Waals surface area contributed by atoms with Crippen molar-refractivity contribution in [3.63, 3.8) is 0 Å². The zero-order valence-corrected chi connectivity index (χ0v) is 16.0. The summed E-state index contributed by atoms with van der Waals surface area (Å²) < 4.78 is 11.4. The lowest BCUT2D eigenvalue weighted by molar-refractivity contribution is -0.110. The van der Waals surface area contributed by atoms with Gasteiger partial charge in [0.25, 0.3) is 0 Å². The lowest BCUT2D eigenvalue weighted by Gasteiger charge is -2.37. The van der Waals surface area contributed by atoms with E-state index in [-0.39, 0.29) is 16.9 Å². The number of rotatable bonds is 7. The average Bonchev–Trinajstić information content (AvgIpc) is 2.45. The molecule has 0 aliphatic carbocycles. The lowest BCUT2D eigenvalue weighted by atomic mass is 9.89. The fraction of sp³-hybridized carbons (Fsp3) is 0.611. The van der Waals surface area contributed by atoms with Crippen molar-refractivity contribution in [2.75, 3.05) is 13.7 Å². The molecule has 0 aromatic heterocycles. The summed E-state index contributed by atoms with van der Waals surface area (Å²) in [4.78, 5) is 11.5. The van der Waals surface area contributed by atoms with Crippen LogP contribution in [0.4, 0.5) is 0 Å². The highest BCUT2D eigenvalue weighted by molar-refractivity contribution is 6.74. The fourth-order valence-corrected chi connectivity index (χ4v) is 3.14. The quantitative estimate of drug-likeness (QED) is 0.542. The van der Waals surface area contributed by atoms with Crippen LogP contribution in [0.15, 0.2) is 24.3 Å². The normalized spacial score (nSPS) is 15.2. The Balaban J connectivity index is 2.76. The van der Waals surface area contributed by atoms with E-state index >= 15 is 0 Å². The van der Waals surface area contributed by atoms with Gasteiger partial charge in [0.1, 0.15) is 12.0 Å². The summed E-state index contributed by atoms with van der Waals surface area (Å²) in [6.07, 6.45) is 1.03. The molecule has 0 amide bonds. The van der Waals surface area contributed by atoms with Gasteiger partial charge >= 0.3 is 0 Å². The van der Waals surface area contributed by atoms with Crippen LogP contribution >= 0.6 is 0 Å². The first-order valence-corrected chi connectivity index (χ1v) is 10.8. The van der Waals surface area contributed by atoms with Gasteiger partial charge in [-0.25, -0.2) is 0 Å². The van der Waals surface area contributed by atoms with E-state index in [0.29, 0.717) is 6.61 Å². The van der Waals surface area contributed by atoms with Crippen LogP contribution in [0.3, 0.4) is 0 Å². The molecule has 0 bridgehead atoms. The second kappa shape index (κ2) is 7.42. The summed E-state index contributed by atoms with van der Waals surface area (Å²) in [5.41, 5.74) is 1.02. The van der Waals surface area contributed by atoms with Gasteiger partial charge in [0.2, 0.25) is 0 Å². The Kier molecular flexibility index (Phi) is 6.38. The molecular formula is C18H30O3Si. The lowest BCUT2D eigenvalue weighted by Crippen LogP contribution is -2.42. The summed E-state index contributed by atoms with van der Waals surface area (Å²) in [6.45, 7) is 13.9. The van der Waals surface area contributed by atoms with E-state index in [1.807, 2.05) is 24.3 Å². The predicted octanol–water partition coefficient (Wildman–Crippen LogP) is 4.64. The number of methoxy groups -OCH3 is 1. The van der Waals surface area contributed by atoms with E-state index in [1.54, 1.807) is 7.11 Å². The monoisotopic (exact) mass is 322 g/mol. The second-order valence-corrected chi connectivity index (χ2v) is 12.3. The van der Waals surface area contributed by atoms with Crippen LogP contribution in [0.5, 0.6) is 5.75 Å². The van der Waals surface area contributed by atoms with Crippen molar-refractivity contribution in [3.05, 3.63) is 29.8 Å². The van der Waals surface area contributed by atoms with Gasteiger partial charge in [-0.2, -0.15) is 0 Å². The van der Waals surface area contributed by atoms with Gasteiger partial charge in [-0.1, -0.05) is 39.8 Å². The first kappa shape index (κ1) is 18.9. The Bertz CT molecular complexity index is 474. The Morgan fingerprint density at radius 3 is 2.14 bits per heavy atom. The first-order chi connectivity index (χ1) is 10.1. The minimum Gasteiger partial charge on any atom is -0.497 e. The van der Waals surface area contributed by atoms with Gasteiger partial charge in [0.05, 0.1) is 7.11 Å². The summed E-state index contributed by atoms with van der Waals surface area (Å²) in [5.74, 6) is 0.814. The Hall–Kier alpha value is -1.13. The third kappa shape index (κ3) is 4.68. The molecule has 0 aliphatic heterocycles. The second-order valence-electron chi connectivity index (χ2n) is 7.48.